The molecule has 24 heavy (non-hydrogen) atoms. The molecule has 1 amide bonds. The number of furan rings is 1. The summed E-state index contributed by atoms with van der Waals surface area (Å²) in [6, 6.07) is 6.98. The molecule has 0 radical (unpaired) electrons. The number of benzene rings is 1. The van der Waals surface area contributed by atoms with E-state index in [4.69, 9.17) is 18.6 Å². The Kier molecular flexibility index (Phi) is 6.69. The van der Waals surface area contributed by atoms with E-state index in [2.05, 4.69) is 21.2 Å². The van der Waals surface area contributed by atoms with Gasteiger partial charge in [0.25, 0.3) is 5.91 Å². The molecule has 1 heterocycles. The van der Waals surface area contributed by atoms with E-state index in [0.29, 0.717) is 34.9 Å². The van der Waals surface area contributed by atoms with Crippen LogP contribution in [0.15, 0.2) is 39.6 Å². The molecule has 7 heteroatoms. The van der Waals surface area contributed by atoms with E-state index >= 15 is 0 Å². The summed E-state index contributed by atoms with van der Waals surface area (Å²) in [5.41, 5.74) is 1.36. The topological polar surface area (TPSA) is 69.9 Å². The lowest BCUT2D eigenvalue weighted by Gasteiger charge is -2.17. The lowest BCUT2D eigenvalue weighted by atomic mass is 10.1. The normalized spacial score (nSPS) is 11.8. The molecule has 1 N–H and O–H groups in total. The third kappa shape index (κ3) is 4.75. The fourth-order valence-corrected chi connectivity index (χ4v) is 2.44. The van der Waals surface area contributed by atoms with Gasteiger partial charge in [-0.15, -0.1) is 0 Å². The molecule has 130 valence electrons. The van der Waals surface area contributed by atoms with Crippen LogP contribution in [-0.4, -0.2) is 33.3 Å². The summed E-state index contributed by atoms with van der Waals surface area (Å²) in [5, 5.41) is 2.91. The molecule has 1 aromatic heterocycles. The predicted octanol–water partition coefficient (Wildman–Crippen LogP) is 3.57. The summed E-state index contributed by atoms with van der Waals surface area (Å²) in [4.78, 5) is 12.2. The van der Waals surface area contributed by atoms with Gasteiger partial charge in [-0.2, -0.15) is 0 Å². The van der Waals surface area contributed by atoms with E-state index in [9.17, 15) is 4.79 Å². The zero-order valence-corrected chi connectivity index (χ0v) is 15.4. The molecule has 0 saturated carbocycles. The van der Waals surface area contributed by atoms with Crippen molar-refractivity contribution >= 4 is 21.8 Å². The number of hydrogen-bond donors (Lipinski definition) is 1. The third-order valence-electron chi connectivity index (χ3n) is 3.41. The average molecular weight is 398 g/mol. The quantitative estimate of drug-likeness (QED) is 0.689. The van der Waals surface area contributed by atoms with Gasteiger partial charge >= 0.3 is 0 Å². The van der Waals surface area contributed by atoms with Gasteiger partial charge in [0.15, 0.2) is 16.2 Å². The zero-order chi connectivity index (χ0) is 17.5. The van der Waals surface area contributed by atoms with Crippen molar-refractivity contribution in [1.29, 1.82) is 0 Å². The minimum absolute atomic E-state index is 0.201. The SMILES string of the molecule is COCCOc1ccc(C(C)NC(=O)c2coc(Br)c2)cc1OC. The van der Waals surface area contributed by atoms with Crippen molar-refractivity contribution in [2.45, 2.75) is 13.0 Å². The molecular weight excluding hydrogens is 378 g/mol. The Hall–Kier alpha value is -1.99. The first-order chi connectivity index (χ1) is 11.5. The van der Waals surface area contributed by atoms with E-state index in [0.717, 1.165) is 5.56 Å². The number of methoxy groups -OCH3 is 2. The van der Waals surface area contributed by atoms with Gasteiger partial charge in [0, 0.05) is 13.2 Å². The van der Waals surface area contributed by atoms with E-state index < -0.39 is 0 Å². The Morgan fingerprint density at radius 2 is 2.04 bits per heavy atom. The number of ether oxygens (including phenoxy) is 3. The van der Waals surface area contributed by atoms with Gasteiger partial charge in [-0.05, 0) is 40.5 Å². The second kappa shape index (κ2) is 8.75. The van der Waals surface area contributed by atoms with Gasteiger partial charge in [-0.1, -0.05) is 6.07 Å². The maximum absolute atomic E-state index is 12.2. The van der Waals surface area contributed by atoms with Gasteiger partial charge in [0.1, 0.15) is 12.9 Å². The number of amides is 1. The number of carbonyl (C=O) groups is 1. The summed E-state index contributed by atoms with van der Waals surface area (Å²) < 4.78 is 21.5. The number of hydrogen-bond acceptors (Lipinski definition) is 5. The number of carbonyl (C=O) groups excluding carboxylic acids is 1. The fraction of sp³-hybridized carbons (Fsp3) is 0.353. The molecule has 2 rings (SSSR count). The lowest BCUT2D eigenvalue weighted by Crippen LogP contribution is -2.26. The number of halogens is 1. The third-order valence-corrected chi connectivity index (χ3v) is 3.83. The van der Waals surface area contributed by atoms with Crippen LogP contribution >= 0.6 is 15.9 Å². The van der Waals surface area contributed by atoms with Crippen LogP contribution in [0.25, 0.3) is 0 Å². The van der Waals surface area contributed by atoms with Crippen molar-refractivity contribution in [1.82, 2.24) is 5.32 Å². The van der Waals surface area contributed by atoms with Crippen molar-refractivity contribution < 1.29 is 23.4 Å². The summed E-state index contributed by atoms with van der Waals surface area (Å²) in [5.74, 6) is 1.03. The number of rotatable bonds is 8. The first-order valence-corrected chi connectivity index (χ1v) is 8.19. The average Bonchev–Trinajstić information content (AvgIpc) is 3.01. The van der Waals surface area contributed by atoms with Crippen molar-refractivity contribution in [2.75, 3.05) is 27.4 Å². The van der Waals surface area contributed by atoms with Crippen molar-refractivity contribution in [3.63, 3.8) is 0 Å². The van der Waals surface area contributed by atoms with Gasteiger partial charge < -0.3 is 23.9 Å². The fourth-order valence-electron chi connectivity index (χ4n) is 2.10. The van der Waals surface area contributed by atoms with Crippen molar-refractivity contribution in [3.8, 4) is 11.5 Å². The lowest BCUT2D eigenvalue weighted by molar-refractivity contribution is 0.0939. The molecular formula is C17H20BrNO5. The summed E-state index contributed by atoms with van der Waals surface area (Å²) in [6.45, 7) is 2.83. The molecule has 0 bridgehead atoms. The van der Waals surface area contributed by atoms with Crippen LogP contribution in [0.5, 0.6) is 11.5 Å². The maximum Gasteiger partial charge on any atom is 0.255 e. The zero-order valence-electron chi connectivity index (χ0n) is 13.8. The van der Waals surface area contributed by atoms with Gasteiger partial charge in [0.05, 0.1) is 25.3 Å². The molecule has 0 fully saturated rings. The van der Waals surface area contributed by atoms with Crippen LogP contribution in [0.1, 0.15) is 28.9 Å². The molecule has 1 unspecified atom stereocenters. The largest absolute Gasteiger partial charge is 0.493 e. The van der Waals surface area contributed by atoms with E-state index in [-0.39, 0.29) is 11.9 Å². The first kappa shape index (κ1) is 18.4. The van der Waals surface area contributed by atoms with E-state index in [1.165, 1.54) is 6.26 Å². The molecule has 0 saturated heterocycles. The van der Waals surface area contributed by atoms with Crippen LogP contribution in [0.3, 0.4) is 0 Å². The monoisotopic (exact) mass is 397 g/mol. The molecule has 0 aliphatic carbocycles. The van der Waals surface area contributed by atoms with Crippen LogP contribution in [-0.2, 0) is 4.74 Å². The smallest absolute Gasteiger partial charge is 0.255 e. The highest BCUT2D eigenvalue weighted by atomic mass is 79.9. The molecule has 1 atom stereocenters. The van der Waals surface area contributed by atoms with Crippen LogP contribution < -0.4 is 14.8 Å². The Morgan fingerprint density at radius 1 is 1.25 bits per heavy atom. The van der Waals surface area contributed by atoms with E-state index in [1.807, 2.05) is 25.1 Å². The summed E-state index contributed by atoms with van der Waals surface area (Å²) in [7, 11) is 3.20. The Bertz CT molecular complexity index is 685. The minimum Gasteiger partial charge on any atom is -0.493 e. The van der Waals surface area contributed by atoms with Gasteiger partial charge in [0.2, 0.25) is 0 Å². The molecule has 2 aromatic rings. The van der Waals surface area contributed by atoms with Crippen molar-refractivity contribution in [3.05, 3.63) is 46.3 Å². The highest BCUT2D eigenvalue weighted by Gasteiger charge is 2.15. The van der Waals surface area contributed by atoms with Crippen LogP contribution in [0.4, 0.5) is 0 Å². The summed E-state index contributed by atoms with van der Waals surface area (Å²) >= 11 is 3.18. The van der Waals surface area contributed by atoms with Gasteiger partial charge in [-0.3, -0.25) is 4.79 Å². The summed E-state index contributed by atoms with van der Waals surface area (Å²) in [6.07, 6.45) is 1.40. The standard InChI is InChI=1S/C17H20BrNO5/c1-11(19-17(20)13-9-16(18)24-10-13)12-4-5-14(15(8-12)22-3)23-7-6-21-2/h4-5,8-11H,6-7H2,1-3H3,(H,19,20). The predicted molar refractivity (Wildman–Crippen MR) is 92.7 cm³/mol. The minimum atomic E-state index is -0.212. The Morgan fingerprint density at radius 3 is 2.67 bits per heavy atom. The Balaban J connectivity index is 2.06. The second-order valence-electron chi connectivity index (χ2n) is 5.09. The highest BCUT2D eigenvalue weighted by Crippen LogP contribution is 2.30. The molecule has 1 aromatic carbocycles. The van der Waals surface area contributed by atoms with Crippen molar-refractivity contribution in [2.24, 2.45) is 0 Å². The Labute approximate surface area is 149 Å². The molecule has 0 spiro atoms. The second-order valence-corrected chi connectivity index (χ2v) is 5.87. The van der Waals surface area contributed by atoms with Crippen LogP contribution in [0.2, 0.25) is 0 Å². The maximum atomic E-state index is 12.2. The molecule has 6 nitrogen and oxygen atoms in total. The molecule has 0 aliphatic rings. The number of nitrogens with one attached hydrogen (secondary N) is 1. The van der Waals surface area contributed by atoms with E-state index in [1.54, 1.807) is 20.3 Å². The van der Waals surface area contributed by atoms with Crippen LogP contribution in [0, 0.1) is 0 Å². The van der Waals surface area contributed by atoms with Gasteiger partial charge in [-0.25, -0.2) is 0 Å². The highest BCUT2D eigenvalue weighted by molar-refractivity contribution is 9.10. The first-order valence-electron chi connectivity index (χ1n) is 7.39. The molecule has 0 aliphatic heterocycles.